The van der Waals surface area contributed by atoms with E-state index in [4.69, 9.17) is 20.3 Å². The van der Waals surface area contributed by atoms with Gasteiger partial charge in [0.15, 0.2) is 0 Å². The zero-order chi connectivity index (χ0) is 12.0. The van der Waals surface area contributed by atoms with Gasteiger partial charge >= 0.3 is 5.97 Å². The molecule has 1 aliphatic rings. The maximum absolute atomic E-state index is 11.5. The average Bonchev–Trinajstić information content (AvgIpc) is 2.63. The van der Waals surface area contributed by atoms with Crippen molar-refractivity contribution in [2.24, 2.45) is 11.7 Å². The van der Waals surface area contributed by atoms with E-state index in [1.54, 1.807) is 0 Å². The molecule has 1 fully saturated rings. The molecule has 2 atom stereocenters. The van der Waals surface area contributed by atoms with Crippen LogP contribution in [0.15, 0.2) is 0 Å². The van der Waals surface area contributed by atoms with E-state index in [2.05, 4.69) is 5.32 Å². The Morgan fingerprint density at radius 2 is 2.25 bits per heavy atom. The Balaban J connectivity index is 2.08. The first-order valence-corrected chi connectivity index (χ1v) is 5.02. The molecule has 1 saturated heterocycles. The van der Waals surface area contributed by atoms with E-state index < -0.39 is 5.97 Å². The van der Waals surface area contributed by atoms with Crippen molar-refractivity contribution < 1.29 is 24.2 Å². The maximum Gasteiger partial charge on any atom is 0.329 e. The summed E-state index contributed by atoms with van der Waals surface area (Å²) in [6, 6.07) is -0.264. The monoisotopic (exact) mass is 232 g/mol. The molecule has 16 heavy (non-hydrogen) atoms. The van der Waals surface area contributed by atoms with E-state index >= 15 is 0 Å². The van der Waals surface area contributed by atoms with Crippen molar-refractivity contribution in [2.45, 2.75) is 6.04 Å². The van der Waals surface area contributed by atoms with Crippen LogP contribution in [-0.2, 0) is 19.1 Å². The van der Waals surface area contributed by atoms with Gasteiger partial charge in [0, 0.05) is 12.6 Å². The van der Waals surface area contributed by atoms with Gasteiger partial charge in [-0.15, -0.1) is 0 Å². The third-order valence-corrected chi connectivity index (χ3v) is 2.23. The summed E-state index contributed by atoms with van der Waals surface area (Å²) < 4.78 is 9.81. The van der Waals surface area contributed by atoms with Crippen molar-refractivity contribution in [1.82, 2.24) is 5.32 Å². The molecule has 2 unspecified atom stereocenters. The number of aliphatic carboxylic acids is 1. The molecule has 7 heteroatoms. The molecular weight excluding hydrogens is 216 g/mol. The Kier molecular flexibility index (Phi) is 5.17. The van der Waals surface area contributed by atoms with Crippen LogP contribution in [0.1, 0.15) is 0 Å². The molecule has 1 rings (SSSR count). The Bertz CT molecular complexity index is 258. The third-order valence-electron chi connectivity index (χ3n) is 2.23. The lowest BCUT2D eigenvalue weighted by molar-refractivity contribution is -0.142. The van der Waals surface area contributed by atoms with Crippen LogP contribution in [0.5, 0.6) is 0 Å². The van der Waals surface area contributed by atoms with Crippen LogP contribution >= 0.6 is 0 Å². The van der Waals surface area contributed by atoms with E-state index in [1.165, 1.54) is 0 Å². The molecule has 92 valence electrons. The van der Waals surface area contributed by atoms with Crippen molar-refractivity contribution in [3.05, 3.63) is 0 Å². The summed E-state index contributed by atoms with van der Waals surface area (Å²) in [5.74, 6) is -1.53. The summed E-state index contributed by atoms with van der Waals surface area (Å²) in [5, 5.41) is 10.9. The van der Waals surface area contributed by atoms with Gasteiger partial charge in [0.1, 0.15) is 6.61 Å². The second kappa shape index (κ2) is 6.41. The van der Waals surface area contributed by atoms with Gasteiger partial charge in [0.25, 0.3) is 0 Å². The summed E-state index contributed by atoms with van der Waals surface area (Å²) in [6.07, 6.45) is 0. The van der Waals surface area contributed by atoms with E-state index in [9.17, 15) is 9.59 Å². The van der Waals surface area contributed by atoms with Crippen molar-refractivity contribution in [2.75, 3.05) is 33.0 Å². The predicted octanol–water partition coefficient (Wildman–Crippen LogP) is -1.82. The second-order valence-corrected chi connectivity index (χ2v) is 3.55. The van der Waals surface area contributed by atoms with Crippen LogP contribution in [-0.4, -0.2) is 56.0 Å². The Morgan fingerprint density at radius 3 is 2.81 bits per heavy atom. The topological polar surface area (TPSA) is 111 Å². The third kappa shape index (κ3) is 4.13. The zero-order valence-electron chi connectivity index (χ0n) is 8.85. The molecule has 0 aromatic rings. The summed E-state index contributed by atoms with van der Waals surface area (Å²) in [7, 11) is 0. The molecular formula is C9H16N2O5. The van der Waals surface area contributed by atoms with Gasteiger partial charge in [-0.2, -0.15) is 0 Å². The Hall–Kier alpha value is -1.18. The number of ether oxygens (including phenoxy) is 2. The minimum absolute atomic E-state index is 0.168. The molecule has 0 aromatic heterocycles. The zero-order valence-corrected chi connectivity index (χ0v) is 8.85. The molecule has 7 nitrogen and oxygen atoms in total. The Morgan fingerprint density at radius 1 is 1.50 bits per heavy atom. The molecule has 0 saturated carbocycles. The highest BCUT2D eigenvalue weighted by molar-refractivity contribution is 5.79. The average molecular weight is 232 g/mol. The summed E-state index contributed by atoms with van der Waals surface area (Å²) in [6.45, 7) is 0.814. The van der Waals surface area contributed by atoms with Gasteiger partial charge in [-0.05, 0) is 0 Å². The number of hydrogen-bond acceptors (Lipinski definition) is 5. The van der Waals surface area contributed by atoms with Crippen molar-refractivity contribution in [3.8, 4) is 0 Å². The highest BCUT2D eigenvalue weighted by atomic mass is 16.5. The van der Waals surface area contributed by atoms with Gasteiger partial charge < -0.3 is 25.6 Å². The molecule has 4 N–H and O–H groups in total. The number of carboxylic acid groups (broad SMARTS) is 1. The quantitative estimate of drug-likeness (QED) is 0.465. The largest absolute Gasteiger partial charge is 0.480 e. The van der Waals surface area contributed by atoms with Gasteiger partial charge in [-0.1, -0.05) is 0 Å². The van der Waals surface area contributed by atoms with Crippen LogP contribution in [0, 0.1) is 5.92 Å². The minimum atomic E-state index is -1.03. The van der Waals surface area contributed by atoms with Crippen LogP contribution in [0.25, 0.3) is 0 Å². The van der Waals surface area contributed by atoms with E-state index in [0.29, 0.717) is 13.2 Å². The first-order chi connectivity index (χ1) is 7.61. The fraction of sp³-hybridized carbons (Fsp3) is 0.778. The molecule has 1 heterocycles. The van der Waals surface area contributed by atoms with Gasteiger partial charge in [-0.25, -0.2) is 4.79 Å². The second-order valence-electron chi connectivity index (χ2n) is 3.55. The number of carboxylic acids is 1. The standard InChI is InChI=1S/C9H16N2O5/c10-7-4-16-3-6(7)9(14)11-1-2-15-5-8(12)13/h6-7H,1-5,10H2,(H,11,14)(H,12,13). The van der Waals surface area contributed by atoms with Gasteiger partial charge in [0.05, 0.1) is 25.7 Å². The number of hydrogen-bond donors (Lipinski definition) is 3. The van der Waals surface area contributed by atoms with Crippen molar-refractivity contribution >= 4 is 11.9 Å². The summed E-state index contributed by atoms with van der Waals surface area (Å²) in [4.78, 5) is 21.6. The number of carbonyl (C=O) groups excluding carboxylic acids is 1. The van der Waals surface area contributed by atoms with Crippen LogP contribution in [0.2, 0.25) is 0 Å². The molecule has 0 bridgehead atoms. The molecule has 1 amide bonds. The predicted molar refractivity (Wildman–Crippen MR) is 53.7 cm³/mol. The lowest BCUT2D eigenvalue weighted by Crippen LogP contribution is -2.42. The van der Waals surface area contributed by atoms with Crippen molar-refractivity contribution in [1.29, 1.82) is 0 Å². The fourth-order valence-electron chi connectivity index (χ4n) is 1.38. The van der Waals surface area contributed by atoms with E-state index in [-0.39, 0.29) is 37.6 Å². The minimum Gasteiger partial charge on any atom is -0.480 e. The molecule has 0 aliphatic carbocycles. The molecule has 0 radical (unpaired) electrons. The summed E-state index contributed by atoms with van der Waals surface area (Å²) >= 11 is 0. The van der Waals surface area contributed by atoms with Crippen LogP contribution in [0.4, 0.5) is 0 Å². The number of amides is 1. The first-order valence-electron chi connectivity index (χ1n) is 5.02. The highest BCUT2D eigenvalue weighted by Crippen LogP contribution is 2.10. The fourth-order valence-corrected chi connectivity index (χ4v) is 1.38. The lowest BCUT2D eigenvalue weighted by Gasteiger charge is -2.12. The van der Waals surface area contributed by atoms with Gasteiger partial charge in [-0.3, -0.25) is 4.79 Å². The molecule has 0 aromatic carbocycles. The van der Waals surface area contributed by atoms with Crippen LogP contribution in [0.3, 0.4) is 0 Å². The highest BCUT2D eigenvalue weighted by Gasteiger charge is 2.30. The lowest BCUT2D eigenvalue weighted by atomic mass is 10.0. The Labute approximate surface area is 92.9 Å². The summed E-state index contributed by atoms with van der Waals surface area (Å²) in [5.41, 5.74) is 5.66. The molecule has 0 spiro atoms. The maximum atomic E-state index is 11.5. The first kappa shape index (κ1) is 12.9. The van der Waals surface area contributed by atoms with Crippen molar-refractivity contribution in [3.63, 3.8) is 0 Å². The normalized spacial score (nSPS) is 24.3. The number of rotatable bonds is 6. The number of carbonyl (C=O) groups is 2. The smallest absolute Gasteiger partial charge is 0.329 e. The molecule has 1 aliphatic heterocycles. The van der Waals surface area contributed by atoms with Gasteiger partial charge in [0.2, 0.25) is 5.91 Å². The van der Waals surface area contributed by atoms with E-state index in [0.717, 1.165) is 0 Å². The van der Waals surface area contributed by atoms with Crippen LogP contribution < -0.4 is 11.1 Å². The van der Waals surface area contributed by atoms with E-state index in [1.807, 2.05) is 0 Å². The number of nitrogens with one attached hydrogen (secondary N) is 1. The SMILES string of the molecule is NC1COCC1C(=O)NCCOCC(=O)O. The number of nitrogens with two attached hydrogens (primary N) is 1.